The Balaban J connectivity index is 1.40. The number of furan rings is 1. The molecule has 2 aromatic heterocycles. The van der Waals surface area contributed by atoms with Crippen molar-refractivity contribution in [3.05, 3.63) is 96.4 Å². The molecule has 4 aromatic rings. The van der Waals surface area contributed by atoms with Crippen molar-refractivity contribution < 1.29 is 18.4 Å². The first-order valence-corrected chi connectivity index (χ1v) is 8.82. The van der Waals surface area contributed by atoms with E-state index in [4.69, 9.17) is 13.6 Å². The van der Waals surface area contributed by atoms with Crippen LogP contribution in [-0.2, 0) is 17.9 Å². The Morgan fingerprint density at radius 3 is 2.64 bits per heavy atom. The Morgan fingerprint density at radius 2 is 1.82 bits per heavy atom. The molecule has 0 saturated carbocycles. The number of aromatic nitrogens is 1. The maximum atomic E-state index is 12.5. The van der Waals surface area contributed by atoms with Crippen LogP contribution in [0.5, 0.6) is 0 Å². The first kappa shape index (κ1) is 17.6. The van der Waals surface area contributed by atoms with Crippen LogP contribution in [0, 0.1) is 0 Å². The highest BCUT2D eigenvalue weighted by Gasteiger charge is 2.14. The molecule has 0 saturated heterocycles. The van der Waals surface area contributed by atoms with E-state index in [1.807, 2.05) is 54.6 Å². The minimum absolute atomic E-state index is 0.0435. The van der Waals surface area contributed by atoms with E-state index in [2.05, 4.69) is 10.3 Å². The van der Waals surface area contributed by atoms with Gasteiger partial charge in [-0.15, -0.1) is 0 Å². The average molecular weight is 374 g/mol. The zero-order chi connectivity index (χ0) is 19.2. The molecule has 0 unspecified atom stereocenters. The summed E-state index contributed by atoms with van der Waals surface area (Å²) in [6, 6.07) is 20.5. The first-order chi connectivity index (χ1) is 13.8. The van der Waals surface area contributed by atoms with E-state index in [1.165, 1.54) is 0 Å². The number of carbonyl (C=O) groups excluding carboxylic acids is 1. The fraction of sp³-hybridized carbons (Fsp3) is 0.0909. The molecule has 2 heterocycles. The lowest BCUT2D eigenvalue weighted by Gasteiger charge is -2.10. The highest BCUT2D eigenvalue weighted by molar-refractivity contribution is 5.95. The Hall–Kier alpha value is -3.80. The standard InChI is InChI=1S/C22H18N2O4/c25-22(18-10-4-5-11-19(18)23-13-17-9-6-12-26-17)27-15-21-24-14-20(28-21)16-7-2-1-3-8-16/h1-12,14,23H,13,15H2. The molecule has 0 aliphatic carbocycles. The third-order valence-electron chi connectivity index (χ3n) is 4.12. The largest absolute Gasteiger partial charge is 0.467 e. The SMILES string of the molecule is O=C(OCc1ncc(-c2ccccc2)o1)c1ccccc1NCc1ccco1. The van der Waals surface area contributed by atoms with E-state index < -0.39 is 5.97 Å². The molecule has 6 heteroatoms. The van der Waals surface area contributed by atoms with Crippen molar-refractivity contribution in [1.29, 1.82) is 0 Å². The summed E-state index contributed by atoms with van der Waals surface area (Å²) in [6.45, 7) is 0.426. The Bertz CT molecular complexity index is 1040. The van der Waals surface area contributed by atoms with Crippen LogP contribution in [0.2, 0.25) is 0 Å². The Kier molecular flexibility index (Phi) is 5.20. The summed E-state index contributed by atoms with van der Waals surface area (Å²) >= 11 is 0. The van der Waals surface area contributed by atoms with E-state index in [0.717, 1.165) is 11.3 Å². The lowest BCUT2D eigenvalue weighted by Crippen LogP contribution is -2.10. The second-order valence-corrected chi connectivity index (χ2v) is 6.04. The lowest BCUT2D eigenvalue weighted by atomic mass is 10.2. The quantitative estimate of drug-likeness (QED) is 0.464. The van der Waals surface area contributed by atoms with Gasteiger partial charge in [-0.25, -0.2) is 9.78 Å². The zero-order valence-corrected chi connectivity index (χ0v) is 15.0. The van der Waals surface area contributed by atoms with Crippen LogP contribution in [0.1, 0.15) is 22.0 Å². The molecule has 0 atom stereocenters. The van der Waals surface area contributed by atoms with Crippen molar-refractivity contribution in [1.82, 2.24) is 4.98 Å². The van der Waals surface area contributed by atoms with Crippen LogP contribution in [0.4, 0.5) is 5.69 Å². The Morgan fingerprint density at radius 1 is 1.00 bits per heavy atom. The maximum Gasteiger partial charge on any atom is 0.340 e. The van der Waals surface area contributed by atoms with Gasteiger partial charge in [0, 0.05) is 11.3 Å². The second kappa shape index (κ2) is 8.26. The second-order valence-electron chi connectivity index (χ2n) is 6.04. The minimum atomic E-state index is -0.456. The van der Waals surface area contributed by atoms with Gasteiger partial charge in [-0.3, -0.25) is 0 Å². The molecular weight excluding hydrogens is 356 g/mol. The van der Waals surface area contributed by atoms with E-state index in [-0.39, 0.29) is 6.61 Å². The molecule has 0 aliphatic heterocycles. The fourth-order valence-electron chi connectivity index (χ4n) is 2.73. The molecule has 0 amide bonds. The number of hydrogen-bond donors (Lipinski definition) is 1. The number of esters is 1. The molecule has 28 heavy (non-hydrogen) atoms. The smallest absolute Gasteiger partial charge is 0.340 e. The van der Waals surface area contributed by atoms with Gasteiger partial charge in [0.25, 0.3) is 0 Å². The highest BCUT2D eigenvalue weighted by Crippen LogP contribution is 2.21. The van der Waals surface area contributed by atoms with Crippen molar-refractivity contribution in [2.24, 2.45) is 0 Å². The van der Waals surface area contributed by atoms with E-state index in [9.17, 15) is 4.79 Å². The van der Waals surface area contributed by atoms with E-state index >= 15 is 0 Å². The van der Waals surface area contributed by atoms with Gasteiger partial charge in [-0.1, -0.05) is 42.5 Å². The lowest BCUT2D eigenvalue weighted by molar-refractivity contribution is 0.0440. The molecule has 0 bridgehead atoms. The molecule has 140 valence electrons. The minimum Gasteiger partial charge on any atom is -0.467 e. The van der Waals surface area contributed by atoms with Crippen LogP contribution < -0.4 is 5.32 Å². The molecule has 0 spiro atoms. The number of oxazole rings is 1. The van der Waals surface area contributed by atoms with Gasteiger partial charge < -0.3 is 18.9 Å². The van der Waals surface area contributed by atoms with Crippen molar-refractivity contribution in [3.63, 3.8) is 0 Å². The number of hydrogen-bond acceptors (Lipinski definition) is 6. The third kappa shape index (κ3) is 4.12. The van der Waals surface area contributed by atoms with Crippen LogP contribution in [-0.4, -0.2) is 11.0 Å². The van der Waals surface area contributed by atoms with Gasteiger partial charge in [0.2, 0.25) is 5.89 Å². The summed E-state index contributed by atoms with van der Waals surface area (Å²) in [5, 5.41) is 3.19. The third-order valence-corrected chi connectivity index (χ3v) is 4.12. The van der Waals surface area contributed by atoms with Gasteiger partial charge in [0.15, 0.2) is 12.4 Å². The number of benzene rings is 2. The van der Waals surface area contributed by atoms with Crippen LogP contribution in [0.15, 0.2) is 88.0 Å². The molecule has 2 aromatic carbocycles. The summed E-state index contributed by atoms with van der Waals surface area (Å²) < 4.78 is 16.3. The number of ether oxygens (including phenoxy) is 1. The summed E-state index contributed by atoms with van der Waals surface area (Å²) in [4.78, 5) is 16.7. The predicted molar refractivity (Wildman–Crippen MR) is 104 cm³/mol. The number of nitrogens with one attached hydrogen (secondary N) is 1. The number of rotatable bonds is 7. The Labute approximate surface area is 161 Å². The maximum absolute atomic E-state index is 12.5. The molecule has 0 radical (unpaired) electrons. The summed E-state index contributed by atoms with van der Waals surface area (Å²) in [6.07, 6.45) is 3.23. The van der Waals surface area contributed by atoms with Gasteiger partial charge >= 0.3 is 5.97 Å². The molecule has 6 nitrogen and oxygen atoms in total. The topological polar surface area (TPSA) is 77.5 Å². The zero-order valence-electron chi connectivity index (χ0n) is 15.0. The van der Waals surface area contributed by atoms with Gasteiger partial charge in [-0.2, -0.15) is 0 Å². The molecule has 0 fully saturated rings. The first-order valence-electron chi connectivity index (χ1n) is 8.82. The normalized spacial score (nSPS) is 10.6. The highest BCUT2D eigenvalue weighted by atomic mass is 16.5. The number of anilines is 1. The van der Waals surface area contributed by atoms with Crippen molar-refractivity contribution in [2.45, 2.75) is 13.2 Å². The summed E-state index contributed by atoms with van der Waals surface area (Å²) in [5.41, 5.74) is 2.02. The molecule has 4 rings (SSSR count). The number of nitrogens with zero attached hydrogens (tertiary/aromatic N) is 1. The van der Waals surface area contributed by atoms with Gasteiger partial charge in [0.05, 0.1) is 24.6 Å². The summed E-state index contributed by atoms with van der Waals surface area (Å²) in [7, 11) is 0. The molecule has 1 N–H and O–H groups in total. The van der Waals surface area contributed by atoms with Gasteiger partial charge in [0.1, 0.15) is 5.76 Å². The number of carbonyl (C=O) groups is 1. The van der Waals surface area contributed by atoms with Crippen LogP contribution >= 0.6 is 0 Å². The van der Waals surface area contributed by atoms with Crippen molar-refractivity contribution in [2.75, 3.05) is 5.32 Å². The molecule has 0 aliphatic rings. The fourth-order valence-corrected chi connectivity index (χ4v) is 2.73. The molecular formula is C22H18N2O4. The van der Waals surface area contributed by atoms with Crippen molar-refractivity contribution in [3.8, 4) is 11.3 Å². The van der Waals surface area contributed by atoms with Gasteiger partial charge in [-0.05, 0) is 24.3 Å². The van der Waals surface area contributed by atoms with Crippen LogP contribution in [0.25, 0.3) is 11.3 Å². The van der Waals surface area contributed by atoms with Crippen molar-refractivity contribution >= 4 is 11.7 Å². The summed E-state index contributed by atoms with van der Waals surface area (Å²) in [5.74, 6) is 1.29. The average Bonchev–Trinajstić information content (AvgIpc) is 3.43. The van der Waals surface area contributed by atoms with E-state index in [1.54, 1.807) is 24.6 Å². The van der Waals surface area contributed by atoms with E-state index in [0.29, 0.717) is 29.4 Å². The monoisotopic (exact) mass is 374 g/mol. The van der Waals surface area contributed by atoms with Crippen LogP contribution in [0.3, 0.4) is 0 Å². The number of para-hydroxylation sites is 1. The predicted octanol–water partition coefficient (Wildman–Crippen LogP) is 4.90.